The molecule has 0 unspecified atom stereocenters. The quantitative estimate of drug-likeness (QED) is 0.563. The number of hydrogen-bond acceptors (Lipinski definition) is 2. The molecule has 2 heterocycles. The molecule has 0 spiro atoms. The van der Waals surface area contributed by atoms with Crippen LogP contribution in [0.25, 0.3) is 0 Å². The Morgan fingerprint density at radius 2 is 0.962 bits per heavy atom. The summed E-state index contributed by atoms with van der Waals surface area (Å²) in [4.78, 5) is 5.26. The van der Waals surface area contributed by atoms with Crippen molar-refractivity contribution in [3.63, 3.8) is 0 Å². The van der Waals surface area contributed by atoms with Crippen LogP contribution in [0.5, 0.6) is 0 Å². The van der Waals surface area contributed by atoms with Gasteiger partial charge in [0.2, 0.25) is 0 Å². The van der Waals surface area contributed by atoms with Gasteiger partial charge in [-0.15, -0.1) is 0 Å². The van der Waals surface area contributed by atoms with E-state index in [4.69, 9.17) is 0 Å². The third-order valence-corrected chi connectivity index (χ3v) is 12.8. The topological polar surface area (TPSA) is 6.48 Å². The first kappa shape index (κ1) is 18.7. The van der Waals surface area contributed by atoms with Crippen LogP contribution in [0.2, 0.25) is 0 Å². The third kappa shape index (κ3) is 5.01. The average Bonchev–Trinajstić information content (AvgIpc) is 3.36. The van der Waals surface area contributed by atoms with Gasteiger partial charge in [0.15, 0.2) is 0 Å². The first-order valence-electron chi connectivity index (χ1n) is 9.83. The number of benzene rings is 2. The summed E-state index contributed by atoms with van der Waals surface area (Å²) in [5.41, 5.74) is 3.15. The van der Waals surface area contributed by atoms with Crippen molar-refractivity contribution in [1.29, 1.82) is 0 Å². The molecule has 2 aliphatic rings. The van der Waals surface area contributed by atoms with E-state index < -0.39 is 0 Å². The first-order valence-corrected chi connectivity index (χ1v) is 15.9. The van der Waals surface area contributed by atoms with Crippen LogP contribution in [0.15, 0.2) is 48.5 Å². The fourth-order valence-electron chi connectivity index (χ4n) is 3.88. The molecule has 4 heteroatoms. The molecule has 0 N–H and O–H groups in total. The van der Waals surface area contributed by atoms with Crippen LogP contribution >= 0.6 is 0 Å². The third-order valence-electron chi connectivity index (χ3n) is 5.35. The van der Waals surface area contributed by atoms with Gasteiger partial charge in [0.05, 0.1) is 0 Å². The Hall–Kier alpha value is -0.601. The van der Waals surface area contributed by atoms with Gasteiger partial charge in [-0.3, -0.25) is 0 Å². The monoisotopic (exact) mass is 480 g/mol. The van der Waals surface area contributed by atoms with Crippen LogP contribution in [-0.4, -0.2) is 62.2 Å². The molecule has 2 aliphatic heterocycles. The summed E-state index contributed by atoms with van der Waals surface area (Å²) < 4.78 is 3.26. The SMILES string of the molecule is c1ccc([Se][Se]c2ccccc2CN2CCCC2)c(CN2CCCC2)c1. The summed E-state index contributed by atoms with van der Waals surface area (Å²) in [5, 5.41) is 0. The Morgan fingerprint density at radius 3 is 1.38 bits per heavy atom. The van der Waals surface area contributed by atoms with Crippen molar-refractivity contribution in [1.82, 2.24) is 9.80 Å². The summed E-state index contributed by atoms with van der Waals surface area (Å²) in [6, 6.07) is 18.4. The van der Waals surface area contributed by atoms with Gasteiger partial charge < -0.3 is 0 Å². The molecule has 4 rings (SSSR count). The normalized spacial score (nSPS) is 18.6. The summed E-state index contributed by atoms with van der Waals surface area (Å²) in [6.45, 7) is 7.44. The standard InChI is InChI=1S/C22H28N2Se2/c1-3-11-21(19(9-1)17-23-13-5-6-14-23)25-26-22-12-4-2-10-20(22)18-24-15-7-8-16-24/h1-4,9-12H,5-8,13-18H2. The number of nitrogens with zero attached hydrogens (tertiary/aromatic N) is 2. The van der Waals surface area contributed by atoms with Crippen molar-refractivity contribution in [3.8, 4) is 0 Å². The molecule has 138 valence electrons. The van der Waals surface area contributed by atoms with Crippen LogP contribution in [0, 0.1) is 0 Å². The minimum atomic E-state index is 0.574. The second-order valence-corrected chi connectivity index (χ2v) is 13.5. The van der Waals surface area contributed by atoms with Crippen LogP contribution < -0.4 is 8.92 Å². The van der Waals surface area contributed by atoms with Crippen molar-refractivity contribution in [3.05, 3.63) is 59.7 Å². The molecule has 2 nitrogen and oxygen atoms in total. The molecule has 2 saturated heterocycles. The molecular formula is C22H28N2Se2. The Morgan fingerprint density at radius 1 is 0.577 bits per heavy atom. The fourth-order valence-corrected chi connectivity index (χ4v) is 11.3. The Labute approximate surface area is 169 Å². The van der Waals surface area contributed by atoms with Gasteiger partial charge in [0.1, 0.15) is 0 Å². The Kier molecular flexibility index (Phi) is 6.89. The zero-order valence-corrected chi connectivity index (χ0v) is 18.8. The molecule has 2 aromatic rings. The van der Waals surface area contributed by atoms with Crippen LogP contribution in [0.3, 0.4) is 0 Å². The van der Waals surface area contributed by atoms with E-state index in [1.165, 1.54) is 51.9 Å². The van der Waals surface area contributed by atoms with Crippen molar-refractivity contribution in [2.45, 2.75) is 38.8 Å². The zero-order valence-electron chi connectivity index (χ0n) is 15.4. The van der Waals surface area contributed by atoms with Crippen LogP contribution in [-0.2, 0) is 13.1 Å². The van der Waals surface area contributed by atoms with E-state index in [0.29, 0.717) is 26.3 Å². The predicted molar refractivity (Wildman–Crippen MR) is 113 cm³/mol. The summed E-state index contributed by atoms with van der Waals surface area (Å²) in [6.07, 6.45) is 5.50. The van der Waals surface area contributed by atoms with Crippen LogP contribution in [0.4, 0.5) is 0 Å². The van der Waals surface area contributed by atoms with Gasteiger partial charge in [-0.1, -0.05) is 0 Å². The Balaban J connectivity index is 1.42. The number of rotatable bonds is 7. The number of hydrogen-bond donors (Lipinski definition) is 0. The maximum absolute atomic E-state index is 2.63. The van der Waals surface area contributed by atoms with Gasteiger partial charge in [-0.05, 0) is 0 Å². The van der Waals surface area contributed by atoms with Crippen molar-refractivity contribution in [2.24, 2.45) is 0 Å². The van der Waals surface area contributed by atoms with Crippen molar-refractivity contribution < 1.29 is 0 Å². The molecule has 26 heavy (non-hydrogen) atoms. The first-order chi connectivity index (χ1) is 12.9. The van der Waals surface area contributed by atoms with E-state index in [-0.39, 0.29) is 0 Å². The molecule has 0 bridgehead atoms. The van der Waals surface area contributed by atoms with Gasteiger partial charge in [-0.2, -0.15) is 0 Å². The molecule has 0 radical (unpaired) electrons. The fraction of sp³-hybridized carbons (Fsp3) is 0.455. The van der Waals surface area contributed by atoms with E-state index in [9.17, 15) is 0 Å². The summed E-state index contributed by atoms with van der Waals surface area (Å²) in [5.74, 6) is 0. The average molecular weight is 478 g/mol. The molecule has 0 aromatic heterocycles. The minimum absolute atomic E-state index is 0.574. The van der Waals surface area contributed by atoms with E-state index in [1.54, 1.807) is 20.1 Å². The molecule has 0 atom stereocenters. The zero-order chi connectivity index (χ0) is 17.6. The van der Waals surface area contributed by atoms with E-state index in [0.717, 1.165) is 13.1 Å². The maximum atomic E-state index is 2.63. The molecule has 0 aliphatic carbocycles. The molecule has 2 aromatic carbocycles. The summed E-state index contributed by atoms with van der Waals surface area (Å²) >= 11 is 1.15. The Bertz CT molecular complexity index is 645. The van der Waals surface area contributed by atoms with Gasteiger partial charge in [0.25, 0.3) is 0 Å². The van der Waals surface area contributed by atoms with Gasteiger partial charge >= 0.3 is 170 Å². The van der Waals surface area contributed by atoms with E-state index >= 15 is 0 Å². The molecule has 0 amide bonds. The van der Waals surface area contributed by atoms with E-state index in [1.807, 2.05) is 0 Å². The molecule has 0 saturated carbocycles. The van der Waals surface area contributed by atoms with Crippen LogP contribution in [0.1, 0.15) is 36.8 Å². The molecular weight excluding hydrogens is 450 g/mol. The predicted octanol–water partition coefficient (Wildman–Crippen LogP) is 2.15. The van der Waals surface area contributed by atoms with Crippen molar-refractivity contribution >= 4 is 35.2 Å². The second kappa shape index (κ2) is 9.55. The van der Waals surface area contributed by atoms with Crippen molar-refractivity contribution in [2.75, 3.05) is 26.2 Å². The summed E-state index contributed by atoms with van der Waals surface area (Å²) in [7, 11) is 0. The molecule has 2 fully saturated rings. The van der Waals surface area contributed by atoms with Gasteiger partial charge in [-0.25, -0.2) is 0 Å². The second-order valence-electron chi connectivity index (χ2n) is 7.35. The van der Waals surface area contributed by atoms with E-state index in [2.05, 4.69) is 58.3 Å². The van der Waals surface area contributed by atoms with Gasteiger partial charge in [0, 0.05) is 0 Å². The number of likely N-dealkylation sites (tertiary alicyclic amines) is 2.